The Balaban J connectivity index is 1.72. The van der Waals surface area contributed by atoms with Gasteiger partial charge < -0.3 is 5.32 Å². The average molecular weight is 209 g/mol. The zero-order valence-electron chi connectivity index (χ0n) is 10.5. The molecule has 0 aromatic rings. The Morgan fingerprint density at radius 2 is 1.87 bits per heavy atom. The number of hydrogen-bond acceptors (Lipinski definition) is 1. The van der Waals surface area contributed by atoms with Gasteiger partial charge in [-0.25, -0.2) is 0 Å². The summed E-state index contributed by atoms with van der Waals surface area (Å²) in [5, 5.41) is 3.87. The van der Waals surface area contributed by atoms with Crippen molar-refractivity contribution in [3.05, 3.63) is 0 Å². The van der Waals surface area contributed by atoms with E-state index in [2.05, 4.69) is 19.2 Å². The minimum absolute atomic E-state index is 0.785. The van der Waals surface area contributed by atoms with E-state index in [1.54, 1.807) is 0 Å². The van der Waals surface area contributed by atoms with E-state index in [-0.39, 0.29) is 0 Å². The van der Waals surface area contributed by atoms with Crippen molar-refractivity contribution in [3.8, 4) is 0 Å². The quantitative estimate of drug-likeness (QED) is 0.696. The van der Waals surface area contributed by atoms with Gasteiger partial charge in [-0.1, -0.05) is 26.2 Å². The molecule has 3 atom stereocenters. The standard InChI is InChI=1S/C14H27N/c1-3-12-5-4-6-14(10-7-12)15-11(2)13-8-9-13/h11-15H,3-10H2,1-2H3. The molecule has 0 aromatic carbocycles. The third-order valence-corrected chi connectivity index (χ3v) is 4.49. The van der Waals surface area contributed by atoms with Crippen molar-refractivity contribution in [1.29, 1.82) is 0 Å². The van der Waals surface area contributed by atoms with Gasteiger partial charge in [0.1, 0.15) is 0 Å². The Hall–Kier alpha value is -0.0400. The van der Waals surface area contributed by atoms with Gasteiger partial charge in [-0.05, 0) is 50.9 Å². The predicted octanol–water partition coefficient (Wildman–Crippen LogP) is 3.73. The average Bonchev–Trinajstić information content (AvgIpc) is 3.05. The maximum atomic E-state index is 3.87. The van der Waals surface area contributed by atoms with Crippen LogP contribution < -0.4 is 5.32 Å². The van der Waals surface area contributed by atoms with Gasteiger partial charge in [-0.2, -0.15) is 0 Å². The van der Waals surface area contributed by atoms with E-state index in [0.717, 1.165) is 23.9 Å². The smallest absolute Gasteiger partial charge is 0.00697 e. The fourth-order valence-electron chi connectivity index (χ4n) is 3.06. The van der Waals surface area contributed by atoms with Gasteiger partial charge in [0.15, 0.2) is 0 Å². The van der Waals surface area contributed by atoms with Crippen molar-refractivity contribution < 1.29 is 0 Å². The minimum atomic E-state index is 0.785. The Bertz CT molecular complexity index is 186. The largest absolute Gasteiger partial charge is 0.311 e. The molecule has 1 heteroatoms. The van der Waals surface area contributed by atoms with Crippen molar-refractivity contribution >= 4 is 0 Å². The van der Waals surface area contributed by atoms with Gasteiger partial charge in [0.2, 0.25) is 0 Å². The molecule has 2 fully saturated rings. The molecule has 0 saturated heterocycles. The lowest BCUT2D eigenvalue weighted by Gasteiger charge is -2.22. The lowest BCUT2D eigenvalue weighted by molar-refractivity contribution is 0.376. The molecule has 88 valence electrons. The maximum Gasteiger partial charge on any atom is 0.00697 e. The van der Waals surface area contributed by atoms with Gasteiger partial charge in [-0.3, -0.25) is 0 Å². The van der Waals surface area contributed by atoms with Crippen LogP contribution in [0.4, 0.5) is 0 Å². The summed E-state index contributed by atoms with van der Waals surface area (Å²) in [7, 11) is 0. The SMILES string of the molecule is CCC1CCCC(NC(C)C2CC2)CC1. The molecule has 0 heterocycles. The Morgan fingerprint density at radius 1 is 1.07 bits per heavy atom. The summed E-state index contributed by atoms with van der Waals surface area (Å²) in [5.41, 5.74) is 0. The molecule has 0 bridgehead atoms. The number of nitrogens with one attached hydrogen (secondary N) is 1. The van der Waals surface area contributed by atoms with Crippen LogP contribution in [0, 0.1) is 11.8 Å². The molecule has 2 saturated carbocycles. The van der Waals surface area contributed by atoms with Crippen LogP contribution in [0.2, 0.25) is 0 Å². The maximum absolute atomic E-state index is 3.87. The summed E-state index contributed by atoms with van der Waals surface area (Å²) in [6, 6.07) is 1.62. The van der Waals surface area contributed by atoms with Crippen LogP contribution >= 0.6 is 0 Å². The third kappa shape index (κ3) is 3.48. The van der Waals surface area contributed by atoms with Crippen LogP contribution in [0.3, 0.4) is 0 Å². The van der Waals surface area contributed by atoms with Crippen LogP contribution in [0.15, 0.2) is 0 Å². The zero-order valence-corrected chi connectivity index (χ0v) is 10.5. The lowest BCUT2D eigenvalue weighted by Crippen LogP contribution is -2.37. The van der Waals surface area contributed by atoms with Crippen molar-refractivity contribution in [2.24, 2.45) is 11.8 Å². The zero-order chi connectivity index (χ0) is 10.7. The molecule has 2 aliphatic rings. The molecule has 2 aliphatic carbocycles. The highest BCUT2D eigenvalue weighted by Crippen LogP contribution is 2.33. The molecule has 0 amide bonds. The van der Waals surface area contributed by atoms with E-state index in [0.29, 0.717) is 0 Å². The lowest BCUT2D eigenvalue weighted by atomic mass is 9.97. The fraction of sp³-hybridized carbons (Fsp3) is 1.00. The highest BCUT2D eigenvalue weighted by atomic mass is 15.0. The normalized spacial score (nSPS) is 34.8. The summed E-state index contributed by atoms with van der Waals surface area (Å²) < 4.78 is 0. The van der Waals surface area contributed by atoms with Gasteiger partial charge in [0.05, 0.1) is 0 Å². The van der Waals surface area contributed by atoms with E-state index in [4.69, 9.17) is 0 Å². The first-order chi connectivity index (χ1) is 7.29. The first-order valence-electron chi connectivity index (χ1n) is 7.05. The van der Waals surface area contributed by atoms with Crippen LogP contribution in [-0.2, 0) is 0 Å². The molecule has 0 radical (unpaired) electrons. The molecule has 0 aliphatic heterocycles. The molecule has 3 unspecified atom stereocenters. The van der Waals surface area contributed by atoms with Gasteiger partial charge >= 0.3 is 0 Å². The number of rotatable bonds is 4. The fourth-order valence-corrected chi connectivity index (χ4v) is 3.06. The first-order valence-corrected chi connectivity index (χ1v) is 7.05. The molecule has 2 rings (SSSR count). The van der Waals surface area contributed by atoms with E-state index < -0.39 is 0 Å². The summed E-state index contributed by atoms with van der Waals surface area (Å²) in [6.07, 6.45) is 11.6. The summed E-state index contributed by atoms with van der Waals surface area (Å²) in [6.45, 7) is 4.74. The molecule has 1 N–H and O–H groups in total. The summed E-state index contributed by atoms with van der Waals surface area (Å²) in [4.78, 5) is 0. The summed E-state index contributed by atoms with van der Waals surface area (Å²) in [5.74, 6) is 2.03. The van der Waals surface area contributed by atoms with Crippen molar-refractivity contribution in [2.45, 2.75) is 77.3 Å². The monoisotopic (exact) mass is 209 g/mol. The predicted molar refractivity (Wildman–Crippen MR) is 66.0 cm³/mol. The van der Waals surface area contributed by atoms with Crippen LogP contribution in [-0.4, -0.2) is 12.1 Å². The van der Waals surface area contributed by atoms with E-state index in [9.17, 15) is 0 Å². The molecule has 0 aromatic heterocycles. The van der Waals surface area contributed by atoms with E-state index in [1.807, 2.05) is 0 Å². The Labute approximate surface area is 95.0 Å². The number of hydrogen-bond donors (Lipinski definition) is 1. The van der Waals surface area contributed by atoms with Gasteiger partial charge in [0, 0.05) is 12.1 Å². The van der Waals surface area contributed by atoms with Crippen molar-refractivity contribution in [3.63, 3.8) is 0 Å². The second kappa shape index (κ2) is 5.34. The topological polar surface area (TPSA) is 12.0 Å². The molecular formula is C14H27N. The first kappa shape index (κ1) is 11.4. The van der Waals surface area contributed by atoms with E-state index in [1.165, 1.54) is 51.4 Å². The minimum Gasteiger partial charge on any atom is -0.311 e. The van der Waals surface area contributed by atoms with Crippen LogP contribution in [0.1, 0.15) is 65.2 Å². The Morgan fingerprint density at radius 3 is 2.53 bits per heavy atom. The van der Waals surface area contributed by atoms with E-state index >= 15 is 0 Å². The van der Waals surface area contributed by atoms with Gasteiger partial charge in [-0.15, -0.1) is 0 Å². The van der Waals surface area contributed by atoms with Gasteiger partial charge in [0.25, 0.3) is 0 Å². The molecular weight excluding hydrogens is 182 g/mol. The van der Waals surface area contributed by atoms with Crippen LogP contribution in [0.25, 0.3) is 0 Å². The molecule has 15 heavy (non-hydrogen) atoms. The van der Waals surface area contributed by atoms with Crippen molar-refractivity contribution in [2.75, 3.05) is 0 Å². The van der Waals surface area contributed by atoms with Crippen molar-refractivity contribution in [1.82, 2.24) is 5.32 Å². The highest BCUT2D eigenvalue weighted by Gasteiger charge is 2.29. The molecule has 0 spiro atoms. The second-order valence-corrected chi connectivity index (χ2v) is 5.77. The second-order valence-electron chi connectivity index (χ2n) is 5.77. The highest BCUT2D eigenvalue weighted by molar-refractivity contribution is 4.86. The third-order valence-electron chi connectivity index (χ3n) is 4.49. The summed E-state index contributed by atoms with van der Waals surface area (Å²) >= 11 is 0. The van der Waals surface area contributed by atoms with Crippen LogP contribution in [0.5, 0.6) is 0 Å². The Kier molecular flexibility index (Phi) is 4.07. The molecule has 1 nitrogen and oxygen atoms in total.